The number of hydrazine groups is 1. The van der Waals surface area contributed by atoms with E-state index in [0.717, 1.165) is 33.4 Å². The van der Waals surface area contributed by atoms with Gasteiger partial charge in [0.05, 0.1) is 16.1 Å². The van der Waals surface area contributed by atoms with Gasteiger partial charge in [0.15, 0.2) is 11.2 Å². The number of benzene rings is 1. The van der Waals surface area contributed by atoms with Gasteiger partial charge in [0, 0.05) is 26.2 Å². The zero-order chi connectivity index (χ0) is 22.2. The first-order valence-electron chi connectivity index (χ1n) is 8.19. The van der Waals surface area contributed by atoms with Gasteiger partial charge in [-0.05, 0) is 12.1 Å². The lowest BCUT2D eigenvalue weighted by Crippen LogP contribution is -2.43. The molecule has 0 atom stereocenters. The maximum atomic E-state index is 12.3. The molecule has 0 saturated heterocycles. The summed E-state index contributed by atoms with van der Waals surface area (Å²) in [5.74, 6) is -0.823. The number of sulfonamides is 1. The Kier molecular flexibility index (Phi) is 5.24. The van der Waals surface area contributed by atoms with Gasteiger partial charge in [-0.25, -0.2) is 18.2 Å². The Bertz CT molecular complexity index is 1380. The quantitative estimate of drug-likeness (QED) is 0.340. The van der Waals surface area contributed by atoms with Crippen LogP contribution in [-0.2, 0) is 35.5 Å². The number of nitrogens with zero attached hydrogens (tertiary/aromatic N) is 5. The highest BCUT2D eigenvalue weighted by molar-refractivity contribution is 7.89. The molecule has 0 fully saturated rings. The van der Waals surface area contributed by atoms with Gasteiger partial charge in [-0.1, -0.05) is 0 Å². The van der Waals surface area contributed by atoms with Crippen LogP contribution in [0.3, 0.4) is 0 Å². The predicted molar refractivity (Wildman–Crippen MR) is 102 cm³/mol. The van der Waals surface area contributed by atoms with Crippen molar-refractivity contribution in [3.63, 3.8) is 0 Å². The number of rotatable bonds is 6. The molecular weight excluding hydrogens is 422 g/mol. The monoisotopic (exact) mass is 437 g/mol. The molecule has 0 saturated carbocycles. The zero-order valence-electron chi connectivity index (χ0n) is 15.6. The van der Waals surface area contributed by atoms with E-state index in [1.165, 1.54) is 25.0 Å². The topological polar surface area (TPSA) is 180 Å². The number of carbonyl (C=O) groups excluding carboxylic acids is 1. The fraction of sp³-hybridized carbons (Fsp3) is 0.200. The molecule has 0 spiro atoms. The Morgan fingerprint density at radius 1 is 1.17 bits per heavy atom. The Balaban J connectivity index is 1.77. The van der Waals surface area contributed by atoms with Crippen molar-refractivity contribution in [3.05, 3.63) is 61.5 Å². The third-order valence-electron chi connectivity index (χ3n) is 4.21. The van der Waals surface area contributed by atoms with E-state index in [1.807, 2.05) is 10.3 Å². The average Bonchev–Trinajstić information content (AvgIpc) is 3.13. The molecule has 3 aromatic rings. The maximum Gasteiger partial charge on any atom is 0.332 e. The summed E-state index contributed by atoms with van der Waals surface area (Å²) >= 11 is 0. The van der Waals surface area contributed by atoms with E-state index in [-0.39, 0.29) is 21.7 Å². The van der Waals surface area contributed by atoms with E-state index < -0.39 is 38.6 Å². The smallest absolute Gasteiger partial charge is 0.315 e. The van der Waals surface area contributed by atoms with Gasteiger partial charge >= 0.3 is 5.69 Å². The first-order valence-corrected chi connectivity index (χ1v) is 9.67. The molecular formula is C15H15N7O7S. The van der Waals surface area contributed by atoms with Gasteiger partial charge in [-0.3, -0.25) is 34.3 Å². The standard InChI is InChI=1S/C15H15N7O7S/c1-19-13-12(14(24)20(2)15(19)25)21(8-16-13)7-11(23)17-18-30(28,29)10-5-3-9(4-6-10)22(26)27/h3-6,8,18H,7H2,1-2H3,(H,17,23). The highest BCUT2D eigenvalue weighted by Crippen LogP contribution is 2.15. The van der Waals surface area contributed by atoms with E-state index in [0.29, 0.717) is 0 Å². The normalized spacial score (nSPS) is 11.5. The van der Waals surface area contributed by atoms with Crippen molar-refractivity contribution in [2.45, 2.75) is 11.4 Å². The fourth-order valence-corrected chi connectivity index (χ4v) is 3.50. The van der Waals surface area contributed by atoms with E-state index in [2.05, 4.69) is 4.98 Å². The van der Waals surface area contributed by atoms with Crippen LogP contribution >= 0.6 is 0 Å². The first-order chi connectivity index (χ1) is 14.0. The third kappa shape index (κ3) is 3.70. The van der Waals surface area contributed by atoms with E-state index >= 15 is 0 Å². The summed E-state index contributed by atoms with van der Waals surface area (Å²) in [6.07, 6.45) is 1.18. The highest BCUT2D eigenvalue weighted by Gasteiger charge is 2.19. The van der Waals surface area contributed by atoms with Crippen molar-refractivity contribution in [1.29, 1.82) is 0 Å². The molecule has 30 heavy (non-hydrogen) atoms. The Morgan fingerprint density at radius 2 is 1.80 bits per heavy atom. The number of amides is 1. The molecule has 14 nitrogen and oxygen atoms in total. The van der Waals surface area contributed by atoms with Crippen molar-refractivity contribution in [3.8, 4) is 0 Å². The van der Waals surface area contributed by atoms with Crippen LogP contribution < -0.4 is 21.5 Å². The second-order valence-electron chi connectivity index (χ2n) is 6.16. The van der Waals surface area contributed by atoms with Gasteiger partial charge in [0.25, 0.3) is 27.2 Å². The average molecular weight is 437 g/mol. The molecule has 0 aliphatic heterocycles. The van der Waals surface area contributed by atoms with Crippen molar-refractivity contribution in [2.75, 3.05) is 0 Å². The largest absolute Gasteiger partial charge is 0.332 e. The number of aromatic nitrogens is 4. The lowest BCUT2D eigenvalue weighted by atomic mass is 10.3. The van der Waals surface area contributed by atoms with Crippen LogP contribution in [0, 0.1) is 10.1 Å². The molecule has 15 heteroatoms. The van der Waals surface area contributed by atoms with Crippen LogP contribution in [-0.4, -0.2) is 37.9 Å². The van der Waals surface area contributed by atoms with Gasteiger partial charge in [0.2, 0.25) is 0 Å². The highest BCUT2D eigenvalue weighted by atomic mass is 32.2. The van der Waals surface area contributed by atoms with Crippen molar-refractivity contribution >= 4 is 32.8 Å². The number of nitrogens with one attached hydrogen (secondary N) is 2. The van der Waals surface area contributed by atoms with Crippen LogP contribution in [0.1, 0.15) is 0 Å². The zero-order valence-corrected chi connectivity index (χ0v) is 16.4. The number of carbonyl (C=O) groups is 1. The second-order valence-corrected chi connectivity index (χ2v) is 7.84. The Hall–Kier alpha value is -3.85. The van der Waals surface area contributed by atoms with Crippen LogP contribution in [0.5, 0.6) is 0 Å². The van der Waals surface area contributed by atoms with Gasteiger partial charge in [-0.15, -0.1) is 4.83 Å². The molecule has 2 aromatic heterocycles. The third-order valence-corrected chi connectivity index (χ3v) is 5.48. The minimum Gasteiger partial charge on any atom is -0.315 e. The summed E-state index contributed by atoms with van der Waals surface area (Å²) in [4.78, 5) is 51.9. The summed E-state index contributed by atoms with van der Waals surface area (Å²) in [5, 5.41) is 10.6. The number of hydrogen-bond donors (Lipinski definition) is 2. The molecule has 1 amide bonds. The summed E-state index contributed by atoms with van der Waals surface area (Å²) in [6.45, 7) is -0.466. The van der Waals surface area contributed by atoms with Crippen LogP contribution in [0.2, 0.25) is 0 Å². The summed E-state index contributed by atoms with van der Waals surface area (Å²) in [7, 11) is -1.49. The molecule has 2 heterocycles. The van der Waals surface area contributed by atoms with E-state index in [9.17, 15) is 32.9 Å². The SMILES string of the molecule is Cn1c(=O)c2c(ncn2CC(=O)NNS(=O)(=O)c2ccc([N+](=O)[O-])cc2)n(C)c1=O. The lowest BCUT2D eigenvalue weighted by molar-refractivity contribution is -0.384. The number of aryl methyl sites for hydroxylation is 1. The number of fused-ring (bicyclic) bond motifs is 1. The molecule has 3 rings (SSSR count). The number of imidazole rings is 1. The molecule has 0 radical (unpaired) electrons. The fourth-order valence-electron chi connectivity index (χ4n) is 2.64. The molecule has 158 valence electrons. The number of nitro benzene ring substituents is 1. The molecule has 0 bridgehead atoms. The minimum absolute atomic E-state index is 0.00650. The van der Waals surface area contributed by atoms with E-state index in [1.54, 1.807) is 0 Å². The minimum atomic E-state index is -4.19. The number of nitro groups is 1. The number of hydrogen-bond acceptors (Lipinski definition) is 8. The summed E-state index contributed by atoms with van der Waals surface area (Å²) < 4.78 is 27.6. The van der Waals surface area contributed by atoms with Crippen molar-refractivity contribution < 1.29 is 18.1 Å². The predicted octanol–water partition coefficient (Wildman–Crippen LogP) is -1.65. The number of non-ortho nitro benzene ring substituents is 1. The molecule has 0 unspecified atom stereocenters. The Labute approximate surface area is 167 Å². The molecule has 0 aliphatic rings. The van der Waals surface area contributed by atoms with Crippen molar-refractivity contribution in [1.82, 2.24) is 28.9 Å². The van der Waals surface area contributed by atoms with Gasteiger partial charge < -0.3 is 4.57 Å². The van der Waals surface area contributed by atoms with Gasteiger partial charge in [0.1, 0.15) is 6.54 Å². The van der Waals surface area contributed by atoms with Gasteiger partial charge in [-0.2, -0.15) is 0 Å². The van der Waals surface area contributed by atoms with E-state index in [4.69, 9.17) is 0 Å². The van der Waals surface area contributed by atoms with Crippen LogP contribution in [0.25, 0.3) is 11.2 Å². The molecule has 1 aromatic carbocycles. The second kappa shape index (κ2) is 7.53. The Morgan fingerprint density at radius 3 is 2.40 bits per heavy atom. The summed E-state index contributed by atoms with van der Waals surface area (Å²) in [6, 6.07) is 4.04. The van der Waals surface area contributed by atoms with Crippen LogP contribution in [0.15, 0.2) is 45.1 Å². The van der Waals surface area contributed by atoms with Crippen molar-refractivity contribution in [2.24, 2.45) is 14.1 Å². The maximum absolute atomic E-state index is 12.3. The molecule has 2 N–H and O–H groups in total. The lowest BCUT2D eigenvalue weighted by Gasteiger charge is -2.09. The summed E-state index contributed by atoms with van der Waals surface area (Å²) in [5.41, 5.74) is 0.512. The van der Waals surface area contributed by atoms with Crippen LogP contribution in [0.4, 0.5) is 5.69 Å². The first kappa shape index (κ1) is 20.9. The molecule has 0 aliphatic carbocycles.